The van der Waals surface area contributed by atoms with Gasteiger partial charge in [-0.25, -0.2) is 9.78 Å². The second kappa shape index (κ2) is 5.88. The molecular weight excluding hydrogens is 278 g/mol. The van der Waals surface area contributed by atoms with Crippen LogP contribution in [0, 0.1) is 0 Å². The molecule has 0 aliphatic carbocycles. The van der Waals surface area contributed by atoms with Crippen LogP contribution in [0.15, 0.2) is 0 Å². The molecule has 1 aromatic heterocycles. The van der Waals surface area contributed by atoms with Crippen molar-refractivity contribution in [3.63, 3.8) is 0 Å². The van der Waals surface area contributed by atoms with Gasteiger partial charge in [-0.15, -0.1) is 0 Å². The molecule has 0 saturated carbocycles. The molecule has 1 saturated heterocycles. The Morgan fingerprint density at radius 2 is 2.15 bits per heavy atom. The van der Waals surface area contributed by atoms with Crippen molar-refractivity contribution >= 4 is 28.2 Å². The van der Waals surface area contributed by atoms with Gasteiger partial charge in [-0.05, 0) is 13.5 Å². The Morgan fingerprint density at radius 3 is 2.65 bits per heavy atom. The first-order valence-corrected chi connectivity index (χ1v) is 7.46. The Balaban J connectivity index is 2.27. The van der Waals surface area contributed by atoms with Crippen molar-refractivity contribution in [1.29, 1.82) is 0 Å². The number of aromatic carboxylic acids is 1. The maximum absolute atomic E-state index is 11.5. The maximum atomic E-state index is 11.5. The lowest BCUT2D eigenvalue weighted by Gasteiger charge is -2.38. The normalized spacial score (nSPS) is 20.1. The van der Waals surface area contributed by atoms with Crippen molar-refractivity contribution in [3.8, 4) is 0 Å². The van der Waals surface area contributed by atoms with Gasteiger partial charge in [0.1, 0.15) is 4.88 Å². The molecule has 0 bridgehead atoms. The number of anilines is 1. The topological polar surface area (TPSA) is 73.7 Å². The number of thiazole rings is 1. The number of hydrogen-bond acceptors (Lipinski definition) is 6. The molecule has 0 radical (unpaired) electrons. The standard InChI is InChI=1S/C13H19N3O3S/c1-4-9-7-16(6-5-15(9)3)13-14-10(12(18)19)11(20-13)8(2)17/h9H,4-7H2,1-3H3,(H,18,19). The summed E-state index contributed by atoms with van der Waals surface area (Å²) in [5.41, 5.74) is -0.121. The summed E-state index contributed by atoms with van der Waals surface area (Å²) >= 11 is 1.18. The zero-order chi connectivity index (χ0) is 14.9. The van der Waals surface area contributed by atoms with Crippen LogP contribution in [0.25, 0.3) is 0 Å². The number of ketones is 1. The highest BCUT2D eigenvalue weighted by Gasteiger charge is 2.28. The Morgan fingerprint density at radius 1 is 1.45 bits per heavy atom. The molecule has 1 fully saturated rings. The first-order chi connectivity index (χ1) is 9.43. The Hall–Kier alpha value is -1.47. The van der Waals surface area contributed by atoms with Gasteiger partial charge < -0.3 is 10.0 Å². The second-order valence-corrected chi connectivity index (χ2v) is 6.00. The third kappa shape index (κ3) is 2.83. The lowest BCUT2D eigenvalue weighted by atomic mass is 10.1. The highest BCUT2D eigenvalue weighted by atomic mass is 32.1. The summed E-state index contributed by atoms with van der Waals surface area (Å²) in [7, 11) is 2.09. The molecule has 0 aromatic carbocycles. The Kier molecular flexibility index (Phi) is 4.39. The molecule has 1 aliphatic heterocycles. The predicted octanol–water partition coefficient (Wildman–Crippen LogP) is 1.57. The molecule has 0 spiro atoms. The lowest BCUT2D eigenvalue weighted by Crippen LogP contribution is -2.51. The van der Waals surface area contributed by atoms with E-state index in [1.807, 2.05) is 0 Å². The number of carboxylic acid groups (broad SMARTS) is 1. The van der Waals surface area contributed by atoms with Crippen LogP contribution in [0.5, 0.6) is 0 Å². The zero-order valence-corrected chi connectivity index (χ0v) is 12.7. The minimum absolute atomic E-state index is 0.121. The van der Waals surface area contributed by atoms with Crippen molar-refractivity contribution in [2.45, 2.75) is 26.3 Å². The van der Waals surface area contributed by atoms with Gasteiger partial charge in [-0.1, -0.05) is 18.3 Å². The van der Waals surface area contributed by atoms with Crippen LogP contribution in [0.1, 0.15) is 40.4 Å². The fraction of sp³-hybridized carbons (Fsp3) is 0.615. The summed E-state index contributed by atoms with van der Waals surface area (Å²) in [5, 5.41) is 9.77. The SMILES string of the molecule is CCC1CN(c2nc(C(=O)O)c(C(C)=O)s2)CCN1C. The van der Waals surface area contributed by atoms with Crippen molar-refractivity contribution in [2.75, 3.05) is 31.6 Å². The van der Waals surface area contributed by atoms with Crippen molar-refractivity contribution in [1.82, 2.24) is 9.88 Å². The minimum atomic E-state index is -1.14. The van der Waals surface area contributed by atoms with E-state index >= 15 is 0 Å². The molecule has 1 aliphatic rings. The van der Waals surface area contributed by atoms with E-state index in [0.29, 0.717) is 11.2 Å². The van der Waals surface area contributed by atoms with Crippen molar-refractivity contribution in [2.24, 2.45) is 0 Å². The minimum Gasteiger partial charge on any atom is -0.476 e. The monoisotopic (exact) mass is 297 g/mol. The van der Waals surface area contributed by atoms with Crippen LogP contribution in [0.3, 0.4) is 0 Å². The third-order valence-electron chi connectivity index (χ3n) is 3.66. The molecule has 1 aromatic rings. The number of nitrogens with zero attached hydrogens (tertiary/aromatic N) is 3. The van der Waals surface area contributed by atoms with Gasteiger partial charge in [0.25, 0.3) is 0 Å². The third-order valence-corrected chi connectivity index (χ3v) is 4.87. The number of carbonyl (C=O) groups is 2. The van der Waals surface area contributed by atoms with Crippen LogP contribution in [-0.4, -0.2) is 59.5 Å². The van der Waals surface area contributed by atoms with Gasteiger partial charge in [0.15, 0.2) is 16.6 Å². The first kappa shape index (κ1) is 14.9. The fourth-order valence-corrected chi connectivity index (χ4v) is 3.38. The van der Waals surface area contributed by atoms with Gasteiger partial charge in [0.2, 0.25) is 0 Å². The summed E-state index contributed by atoms with van der Waals surface area (Å²) in [6.45, 7) is 6.04. The molecule has 1 N–H and O–H groups in total. The molecular formula is C13H19N3O3S. The number of aromatic nitrogens is 1. The van der Waals surface area contributed by atoms with Gasteiger partial charge in [-0.2, -0.15) is 0 Å². The molecule has 2 heterocycles. The van der Waals surface area contributed by atoms with Crippen molar-refractivity contribution in [3.05, 3.63) is 10.6 Å². The summed E-state index contributed by atoms with van der Waals surface area (Å²) in [5.74, 6) is -1.38. The number of carboxylic acids is 1. The molecule has 0 amide bonds. The van der Waals surface area contributed by atoms with E-state index in [1.165, 1.54) is 18.3 Å². The number of rotatable bonds is 4. The summed E-state index contributed by atoms with van der Waals surface area (Å²) < 4.78 is 0. The van der Waals surface area contributed by atoms with Crippen LogP contribution >= 0.6 is 11.3 Å². The Labute approximate surface area is 122 Å². The van der Waals surface area contributed by atoms with Crippen LogP contribution in [0.2, 0.25) is 0 Å². The maximum Gasteiger partial charge on any atom is 0.356 e. The summed E-state index contributed by atoms with van der Waals surface area (Å²) in [6, 6.07) is 0.432. The quantitative estimate of drug-likeness (QED) is 0.851. The Bertz CT molecular complexity index is 497. The second-order valence-electron chi connectivity index (χ2n) is 5.02. The zero-order valence-electron chi connectivity index (χ0n) is 11.9. The van der Waals surface area contributed by atoms with E-state index in [4.69, 9.17) is 5.11 Å². The number of Topliss-reactive ketones (excluding diaryl/α,β-unsaturated/α-hetero) is 1. The smallest absolute Gasteiger partial charge is 0.356 e. The molecule has 1 atom stereocenters. The number of carbonyl (C=O) groups excluding carboxylic acids is 1. The number of likely N-dealkylation sites (N-methyl/N-ethyl adjacent to an activating group) is 1. The van der Waals surface area contributed by atoms with E-state index in [9.17, 15) is 9.59 Å². The molecule has 1 unspecified atom stereocenters. The predicted molar refractivity (Wildman–Crippen MR) is 78.0 cm³/mol. The number of piperazine rings is 1. The van der Waals surface area contributed by atoms with Crippen molar-refractivity contribution < 1.29 is 14.7 Å². The van der Waals surface area contributed by atoms with E-state index in [1.54, 1.807) is 0 Å². The van der Waals surface area contributed by atoms with Gasteiger partial charge in [0, 0.05) is 32.6 Å². The summed E-state index contributed by atoms with van der Waals surface area (Å²) in [6.07, 6.45) is 1.03. The molecule has 20 heavy (non-hydrogen) atoms. The van der Waals surface area contributed by atoms with E-state index in [0.717, 1.165) is 26.1 Å². The van der Waals surface area contributed by atoms with Crippen LogP contribution in [0.4, 0.5) is 5.13 Å². The van der Waals surface area contributed by atoms with Gasteiger partial charge in [0.05, 0.1) is 0 Å². The molecule has 2 rings (SSSR count). The highest BCUT2D eigenvalue weighted by Crippen LogP contribution is 2.28. The molecule has 6 nitrogen and oxygen atoms in total. The van der Waals surface area contributed by atoms with Crippen LogP contribution < -0.4 is 4.90 Å². The molecule has 7 heteroatoms. The number of hydrogen-bond donors (Lipinski definition) is 1. The lowest BCUT2D eigenvalue weighted by molar-refractivity contribution is 0.0687. The average molecular weight is 297 g/mol. The van der Waals surface area contributed by atoms with Gasteiger partial charge in [-0.3, -0.25) is 9.69 Å². The van der Waals surface area contributed by atoms with Crippen LogP contribution in [-0.2, 0) is 0 Å². The van der Waals surface area contributed by atoms with Gasteiger partial charge >= 0.3 is 5.97 Å². The fourth-order valence-electron chi connectivity index (χ4n) is 2.39. The molecule has 110 valence electrons. The average Bonchev–Trinajstić information content (AvgIpc) is 2.84. The summed E-state index contributed by atoms with van der Waals surface area (Å²) in [4.78, 5) is 31.5. The van der Waals surface area contributed by atoms with E-state index < -0.39 is 5.97 Å². The largest absolute Gasteiger partial charge is 0.476 e. The van der Waals surface area contributed by atoms with E-state index in [-0.39, 0.29) is 16.4 Å². The highest BCUT2D eigenvalue weighted by molar-refractivity contribution is 7.17. The first-order valence-electron chi connectivity index (χ1n) is 6.64. The van der Waals surface area contributed by atoms with E-state index in [2.05, 4.69) is 28.8 Å².